The summed E-state index contributed by atoms with van der Waals surface area (Å²) in [4.78, 5) is 14.1. The highest BCUT2D eigenvalue weighted by molar-refractivity contribution is 5.90. The zero-order valence-corrected chi connectivity index (χ0v) is 14.9. The lowest BCUT2D eigenvalue weighted by Gasteiger charge is -2.28. The number of amides is 1. The van der Waals surface area contributed by atoms with E-state index in [0.29, 0.717) is 6.42 Å². The third-order valence-electron chi connectivity index (χ3n) is 4.52. The van der Waals surface area contributed by atoms with Gasteiger partial charge in [-0.25, -0.2) is 0 Å². The standard InChI is InChI=1S/C21H27N3O/c1-2-6-21(25)23-19-9-7-17(8-10-19)22-18-11-13-20(14-12-18)24-15-4-3-5-16-24/h7-14,22H,2-6,15-16H2,1H3,(H,23,25). The van der Waals surface area contributed by atoms with E-state index >= 15 is 0 Å². The van der Waals surface area contributed by atoms with Gasteiger partial charge in [-0.2, -0.15) is 0 Å². The molecular weight excluding hydrogens is 310 g/mol. The molecule has 2 aromatic rings. The van der Waals surface area contributed by atoms with Gasteiger partial charge in [-0.1, -0.05) is 6.92 Å². The molecule has 2 aromatic carbocycles. The third-order valence-corrected chi connectivity index (χ3v) is 4.52. The van der Waals surface area contributed by atoms with Crippen molar-refractivity contribution in [3.05, 3.63) is 48.5 Å². The Bertz CT molecular complexity index is 673. The van der Waals surface area contributed by atoms with Crippen molar-refractivity contribution >= 4 is 28.7 Å². The summed E-state index contributed by atoms with van der Waals surface area (Å²) in [6.07, 6.45) is 5.36. The Morgan fingerprint density at radius 3 is 2.04 bits per heavy atom. The average molecular weight is 337 g/mol. The monoisotopic (exact) mass is 337 g/mol. The Kier molecular flexibility index (Phi) is 5.94. The van der Waals surface area contributed by atoms with Crippen LogP contribution in [0.15, 0.2) is 48.5 Å². The lowest BCUT2D eigenvalue weighted by atomic mass is 10.1. The van der Waals surface area contributed by atoms with Crippen LogP contribution in [0, 0.1) is 0 Å². The number of benzene rings is 2. The van der Waals surface area contributed by atoms with Crippen LogP contribution in [-0.2, 0) is 4.79 Å². The highest BCUT2D eigenvalue weighted by Gasteiger charge is 2.10. The van der Waals surface area contributed by atoms with E-state index in [9.17, 15) is 4.79 Å². The lowest BCUT2D eigenvalue weighted by molar-refractivity contribution is -0.116. The van der Waals surface area contributed by atoms with Crippen LogP contribution in [0.1, 0.15) is 39.0 Å². The normalized spacial score (nSPS) is 14.2. The number of rotatable bonds is 6. The van der Waals surface area contributed by atoms with Gasteiger partial charge in [-0.15, -0.1) is 0 Å². The number of carbonyl (C=O) groups is 1. The zero-order chi connectivity index (χ0) is 17.5. The van der Waals surface area contributed by atoms with Gasteiger partial charge in [0.1, 0.15) is 0 Å². The summed E-state index contributed by atoms with van der Waals surface area (Å²) < 4.78 is 0. The van der Waals surface area contributed by atoms with E-state index in [-0.39, 0.29) is 5.91 Å². The Balaban J connectivity index is 1.57. The van der Waals surface area contributed by atoms with Crippen molar-refractivity contribution in [2.24, 2.45) is 0 Å². The fraction of sp³-hybridized carbons (Fsp3) is 0.381. The molecule has 1 amide bonds. The van der Waals surface area contributed by atoms with Gasteiger partial charge in [-0.05, 0) is 74.2 Å². The van der Waals surface area contributed by atoms with Gasteiger partial charge in [0.25, 0.3) is 0 Å². The van der Waals surface area contributed by atoms with Crippen LogP contribution < -0.4 is 15.5 Å². The van der Waals surface area contributed by atoms with E-state index in [1.54, 1.807) is 0 Å². The van der Waals surface area contributed by atoms with E-state index in [1.165, 1.54) is 24.9 Å². The van der Waals surface area contributed by atoms with Crippen LogP contribution in [0.4, 0.5) is 22.7 Å². The molecule has 4 nitrogen and oxygen atoms in total. The summed E-state index contributed by atoms with van der Waals surface area (Å²) in [5.41, 5.74) is 4.23. The van der Waals surface area contributed by atoms with Crippen LogP contribution in [0.3, 0.4) is 0 Å². The number of carbonyl (C=O) groups excluding carboxylic acids is 1. The molecule has 3 rings (SSSR count). The summed E-state index contributed by atoms with van der Waals surface area (Å²) in [5, 5.41) is 6.31. The molecule has 4 heteroatoms. The molecule has 0 bridgehead atoms. The first-order chi connectivity index (χ1) is 12.2. The van der Waals surface area contributed by atoms with E-state index in [4.69, 9.17) is 0 Å². The number of nitrogens with one attached hydrogen (secondary N) is 2. The molecular formula is C21H27N3O. The van der Waals surface area contributed by atoms with Crippen LogP contribution in [0.25, 0.3) is 0 Å². The molecule has 0 unspecified atom stereocenters. The second-order valence-corrected chi connectivity index (χ2v) is 6.60. The molecule has 25 heavy (non-hydrogen) atoms. The Labute approximate surface area is 150 Å². The number of piperidine rings is 1. The summed E-state index contributed by atoms with van der Waals surface area (Å²) in [5.74, 6) is 0.0662. The summed E-state index contributed by atoms with van der Waals surface area (Å²) in [6, 6.07) is 16.5. The van der Waals surface area contributed by atoms with Crippen LogP contribution >= 0.6 is 0 Å². The van der Waals surface area contributed by atoms with Crippen LogP contribution in [-0.4, -0.2) is 19.0 Å². The van der Waals surface area contributed by atoms with Crippen molar-refractivity contribution in [2.45, 2.75) is 39.0 Å². The van der Waals surface area contributed by atoms with E-state index in [2.05, 4.69) is 39.8 Å². The molecule has 1 saturated heterocycles. The van der Waals surface area contributed by atoms with Crippen molar-refractivity contribution in [3.8, 4) is 0 Å². The minimum atomic E-state index is 0.0662. The van der Waals surface area contributed by atoms with E-state index in [0.717, 1.165) is 36.6 Å². The third kappa shape index (κ3) is 4.99. The fourth-order valence-corrected chi connectivity index (χ4v) is 3.16. The first kappa shape index (κ1) is 17.3. The van der Waals surface area contributed by atoms with Gasteiger partial charge in [0.2, 0.25) is 5.91 Å². The lowest BCUT2D eigenvalue weighted by Crippen LogP contribution is -2.29. The number of anilines is 4. The SMILES string of the molecule is CCCC(=O)Nc1ccc(Nc2ccc(N3CCCCC3)cc2)cc1. The summed E-state index contributed by atoms with van der Waals surface area (Å²) >= 11 is 0. The topological polar surface area (TPSA) is 44.4 Å². The van der Waals surface area contributed by atoms with E-state index < -0.39 is 0 Å². The molecule has 1 aliphatic rings. The minimum absolute atomic E-state index is 0.0662. The highest BCUT2D eigenvalue weighted by Crippen LogP contribution is 2.24. The van der Waals surface area contributed by atoms with Crippen molar-refractivity contribution in [1.82, 2.24) is 0 Å². The molecule has 132 valence electrons. The molecule has 0 aromatic heterocycles. The predicted molar refractivity (Wildman–Crippen MR) is 106 cm³/mol. The molecule has 0 atom stereocenters. The van der Waals surface area contributed by atoms with Gasteiger partial charge in [0.15, 0.2) is 0 Å². The zero-order valence-electron chi connectivity index (χ0n) is 14.9. The Morgan fingerprint density at radius 2 is 1.44 bits per heavy atom. The Morgan fingerprint density at radius 1 is 0.880 bits per heavy atom. The highest BCUT2D eigenvalue weighted by atomic mass is 16.1. The molecule has 0 radical (unpaired) electrons. The maximum Gasteiger partial charge on any atom is 0.224 e. The maximum atomic E-state index is 11.6. The van der Waals surface area contributed by atoms with E-state index in [1.807, 2.05) is 31.2 Å². The molecule has 1 fully saturated rings. The van der Waals surface area contributed by atoms with Gasteiger partial charge < -0.3 is 15.5 Å². The van der Waals surface area contributed by atoms with Crippen LogP contribution in [0.5, 0.6) is 0 Å². The number of nitrogens with zero attached hydrogens (tertiary/aromatic N) is 1. The Hall–Kier alpha value is -2.49. The van der Waals surface area contributed by atoms with Crippen molar-refractivity contribution < 1.29 is 4.79 Å². The van der Waals surface area contributed by atoms with Crippen LogP contribution in [0.2, 0.25) is 0 Å². The molecule has 1 heterocycles. The van der Waals surface area contributed by atoms with Gasteiger partial charge in [0, 0.05) is 42.3 Å². The first-order valence-electron chi connectivity index (χ1n) is 9.26. The minimum Gasteiger partial charge on any atom is -0.372 e. The molecule has 2 N–H and O–H groups in total. The molecule has 1 aliphatic heterocycles. The summed E-state index contributed by atoms with van der Waals surface area (Å²) in [6.45, 7) is 4.33. The second kappa shape index (κ2) is 8.56. The molecule has 0 spiro atoms. The summed E-state index contributed by atoms with van der Waals surface area (Å²) in [7, 11) is 0. The van der Waals surface area contributed by atoms with Crippen molar-refractivity contribution in [2.75, 3.05) is 28.6 Å². The van der Waals surface area contributed by atoms with Gasteiger partial charge in [-0.3, -0.25) is 4.79 Å². The van der Waals surface area contributed by atoms with Crippen molar-refractivity contribution in [1.29, 1.82) is 0 Å². The second-order valence-electron chi connectivity index (χ2n) is 6.60. The van der Waals surface area contributed by atoms with Gasteiger partial charge >= 0.3 is 0 Å². The molecule has 0 aliphatic carbocycles. The van der Waals surface area contributed by atoms with Gasteiger partial charge in [0.05, 0.1) is 0 Å². The number of hydrogen-bond acceptors (Lipinski definition) is 3. The number of hydrogen-bond donors (Lipinski definition) is 2. The molecule has 0 saturated carbocycles. The first-order valence-corrected chi connectivity index (χ1v) is 9.26. The quantitative estimate of drug-likeness (QED) is 0.765. The predicted octanol–water partition coefficient (Wildman–Crippen LogP) is 5.16. The van der Waals surface area contributed by atoms with Crippen molar-refractivity contribution in [3.63, 3.8) is 0 Å². The fourth-order valence-electron chi connectivity index (χ4n) is 3.16. The maximum absolute atomic E-state index is 11.6. The smallest absolute Gasteiger partial charge is 0.224 e. The largest absolute Gasteiger partial charge is 0.372 e. The average Bonchev–Trinajstić information content (AvgIpc) is 2.65.